The van der Waals surface area contributed by atoms with Crippen LogP contribution in [0, 0.1) is 11.3 Å². The van der Waals surface area contributed by atoms with Crippen LogP contribution in [-0.2, 0) is 9.59 Å². The lowest BCUT2D eigenvalue weighted by Crippen LogP contribution is -2.36. The molecule has 1 rings (SSSR count). The highest BCUT2D eigenvalue weighted by Gasteiger charge is 2.34. The molecule has 1 saturated carbocycles. The number of hydrogen-bond donors (Lipinski definition) is 1. The quantitative estimate of drug-likeness (QED) is 0.758. The van der Waals surface area contributed by atoms with Crippen molar-refractivity contribution in [3.05, 3.63) is 0 Å². The Kier molecular flexibility index (Phi) is 5.83. The fourth-order valence-electron chi connectivity index (χ4n) is 3.11. The monoisotopic (exact) mass is 253 g/mol. The molecule has 0 atom stereocenters. The summed E-state index contributed by atoms with van der Waals surface area (Å²) in [5.74, 6) is 0.792. The summed E-state index contributed by atoms with van der Waals surface area (Å²) in [5.41, 5.74) is 0.319. The first-order valence-electron chi connectivity index (χ1n) is 7.20. The third kappa shape index (κ3) is 5.19. The largest absolute Gasteiger partial charge is 0.356 e. The van der Waals surface area contributed by atoms with Gasteiger partial charge in [0, 0.05) is 19.4 Å². The van der Waals surface area contributed by atoms with E-state index in [0.29, 0.717) is 24.2 Å². The fraction of sp³-hybridized carbons (Fsp3) is 0.867. The van der Waals surface area contributed by atoms with Crippen LogP contribution in [0.1, 0.15) is 65.7 Å². The topological polar surface area (TPSA) is 46.2 Å². The molecule has 0 bridgehead atoms. The molecule has 18 heavy (non-hydrogen) atoms. The van der Waals surface area contributed by atoms with Crippen LogP contribution in [0.15, 0.2) is 0 Å². The number of carbonyl (C=O) groups is 2. The molecule has 0 radical (unpaired) electrons. The van der Waals surface area contributed by atoms with Crippen LogP contribution < -0.4 is 5.32 Å². The van der Waals surface area contributed by atoms with E-state index >= 15 is 0 Å². The predicted octanol–water partition coefficient (Wildman–Crippen LogP) is 3.08. The highest BCUT2D eigenvalue weighted by Crippen LogP contribution is 2.42. The van der Waals surface area contributed by atoms with Crippen LogP contribution in [0.5, 0.6) is 0 Å². The molecule has 1 amide bonds. The first kappa shape index (κ1) is 15.2. The summed E-state index contributed by atoms with van der Waals surface area (Å²) < 4.78 is 0. The molecular weight excluding hydrogens is 226 g/mol. The first-order valence-corrected chi connectivity index (χ1v) is 7.20. The molecule has 0 saturated heterocycles. The van der Waals surface area contributed by atoms with E-state index in [-0.39, 0.29) is 11.7 Å². The fourth-order valence-corrected chi connectivity index (χ4v) is 3.11. The van der Waals surface area contributed by atoms with E-state index in [9.17, 15) is 9.59 Å². The standard InChI is InChI=1S/C15H27NO2/c1-12(2)10-15(8-4-5-9-15)11-16-14(18)7-6-13(3)17/h12H,4-11H2,1-3H3,(H,16,18). The molecule has 3 nitrogen and oxygen atoms in total. The van der Waals surface area contributed by atoms with Crippen molar-refractivity contribution in [2.45, 2.75) is 65.7 Å². The lowest BCUT2D eigenvalue weighted by molar-refractivity contribution is -0.125. The van der Waals surface area contributed by atoms with E-state index in [0.717, 1.165) is 6.54 Å². The van der Waals surface area contributed by atoms with E-state index in [4.69, 9.17) is 0 Å². The Morgan fingerprint density at radius 1 is 1.17 bits per heavy atom. The summed E-state index contributed by atoms with van der Waals surface area (Å²) in [4.78, 5) is 22.5. The second-order valence-electron chi connectivity index (χ2n) is 6.28. The Balaban J connectivity index is 2.38. The number of ketones is 1. The minimum Gasteiger partial charge on any atom is -0.356 e. The Labute approximate surface area is 111 Å². The lowest BCUT2D eigenvalue weighted by Gasteiger charge is -2.31. The number of Topliss-reactive ketones (excluding diaryl/α,β-unsaturated/α-hetero) is 1. The van der Waals surface area contributed by atoms with Gasteiger partial charge >= 0.3 is 0 Å². The normalized spacial score (nSPS) is 18.0. The molecule has 0 aromatic carbocycles. The Bertz CT molecular complexity index is 291. The number of rotatable bonds is 7. The molecule has 0 aliphatic heterocycles. The van der Waals surface area contributed by atoms with Gasteiger partial charge in [-0.3, -0.25) is 4.79 Å². The summed E-state index contributed by atoms with van der Waals surface area (Å²) >= 11 is 0. The van der Waals surface area contributed by atoms with Crippen LogP contribution in [0.25, 0.3) is 0 Å². The van der Waals surface area contributed by atoms with Crippen molar-refractivity contribution in [1.82, 2.24) is 5.32 Å². The van der Waals surface area contributed by atoms with Crippen molar-refractivity contribution in [2.24, 2.45) is 11.3 Å². The average molecular weight is 253 g/mol. The van der Waals surface area contributed by atoms with Crippen LogP contribution in [0.4, 0.5) is 0 Å². The maximum Gasteiger partial charge on any atom is 0.220 e. The van der Waals surface area contributed by atoms with Gasteiger partial charge in [-0.1, -0.05) is 26.7 Å². The van der Waals surface area contributed by atoms with E-state index in [1.807, 2.05) is 0 Å². The highest BCUT2D eigenvalue weighted by molar-refractivity contribution is 5.83. The van der Waals surface area contributed by atoms with E-state index < -0.39 is 0 Å². The predicted molar refractivity (Wildman–Crippen MR) is 73.3 cm³/mol. The second kappa shape index (κ2) is 6.91. The number of hydrogen-bond acceptors (Lipinski definition) is 2. The molecule has 1 fully saturated rings. The van der Waals surface area contributed by atoms with Crippen molar-refractivity contribution >= 4 is 11.7 Å². The minimum absolute atomic E-state index is 0.0280. The third-order valence-corrected chi connectivity index (χ3v) is 3.87. The highest BCUT2D eigenvalue weighted by atomic mass is 16.2. The average Bonchev–Trinajstić information content (AvgIpc) is 2.71. The van der Waals surface area contributed by atoms with Gasteiger partial charge in [-0.2, -0.15) is 0 Å². The van der Waals surface area contributed by atoms with Gasteiger partial charge in [-0.15, -0.1) is 0 Å². The van der Waals surface area contributed by atoms with E-state index in [2.05, 4.69) is 19.2 Å². The Morgan fingerprint density at radius 2 is 1.78 bits per heavy atom. The lowest BCUT2D eigenvalue weighted by atomic mass is 9.78. The molecule has 0 unspecified atom stereocenters. The molecule has 0 aromatic rings. The third-order valence-electron chi connectivity index (χ3n) is 3.87. The van der Waals surface area contributed by atoms with Gasteiger partial charge in [0.25, 0.3) is 0 Å². The zero-order valence-electron chi connectivity index (χ0n) is 12.1. The molecule has 0 spiro atoms. The maximum atomic E-state index is 11.7. The molecule has 1 aliphatic rings. The van der Waals surface area contributed by atoms with Gasteiger partial charge in [0.05, 0.1) is 0 Å². The second-order valence-corrected chi connectivity index (χ2v) is 6.28. The minimum atomic E-state index is 0.0280. The zero-order valence-corrected chi connectivity index (χ0v) is 12.1. The van der Waals surface area contributed by atoms with E-state index in [1.165, 1.54) is 39.0 Å². The molecule has 3 heteroatoms. The van der Waals surface area contributed by atoms with Crippen molar-refractivity contribution in [1.29, 1.82) is 0 Å². The van der Waals surface area contributed by atoms with Gasteiger partial charge in [0.1, 0.15) is 5.78 Å². The summed E-state index contributed by atoms with van der Waals surface area (Å²) in [7, 11) is 0. The number of nitrogens with one attached hydrogen (secondary N) is 1. The molecule has 1 aliphatic carbocycles. The molecule has 0 aromatic heterocycles. The van der Waals surface area contributed by atoms with Gasteiger partial charge in [0.15, 0.2) is 0 Å². The van der Waals surface area contributed by atoms with Crippen LogP contribution in [0.3, 0.4) is 0 Å². The van der Waals surface area contributed by atoms with Gasteiger partial charge in [-0.05, 0) is 37.5 Å². The summed E-state index contributed by atoms with van der Waals surface area (Å²) in [6.45, 7) is 6.82. The maximum absolute atomic E-state index is 11.7. The smallest absolute Gasteiger partial charge is 0.220 e. The zero-order chi connectivity index (χ0) is 13.6. The van der Waals surface area contributed by atoms with Crippen LogP contribution in [-0.4, -0.2) is 18.2 Å². The van der Waals surface area contributed by atoms with Crippen molar-refractivity contribution in [2.75, 3.05) is 6.54 Å². The SMILES string of the molecule is CC(=O)CCC(=O)NCC1(CC(C)C)CCCC1. The van der Waals surface area contributed by atoms with Gasteiger partial charge in [0.2, 0.25) is 5.91 Å². The van der Waals surface area contributed by atoms with Gasteiger partial charge < -0.3 is 10.1 Å². The van der Waals surface area contributed by atoms with E-state index in [1.54, 1.807) is 0 Å². The summed E-state index contributed by atoms with van der Waals surface area (Å²) in [6, 6.07) is 0. The van der Waals surface area contributed by atoms with Gasteiger partial charge in [-0.25, -0.2) is 0 Å². The van der Waals surface area contributed by atoms with Crippen LogP contribution in [0.2, 0.25) is 0 Å². The number of carbonyl (C=O) groups excluding carboxylic acids is 2. The Hall–Kier alpha value is -0.860. The molecular formula is C15H27NO2. The molecule has 0 heterocycles. The number of amides is 1. The van der Waals surface area contributed by atoms with Crippen LogP contribution >= 0.6 is 0 Å². The summed E-state index contributed by atoms with van der Waals surface area (Å²) in [5, 5.41) is 3.04. The molecule has 1 N–H and O–H groups in total. The van der Waals surface area contributed by atoms with Crippen molar-refractivity contribution in [3.63, 3.8) is 0 Å². The molecule has 104 valence electrons. The van der Waals surface area contributed by atoms with Crippen molar-refractivity contribution < 1.29 is 9.59 Å². The summed E-state index contributed by atoms with van der Waals surface area (Å²) in [6.07, 6.45) is 6.94. The van der Waals surface area contributed by atoms with Crippen molar-refractivity contribution in [3.8, 4) is 0 Å². The Morgan fingerprint density at radius 3 is 2.28 bits per heavy atom. The first-order chi connectivity index (χ1) is 8.43.